The maximum atomic E-state index is 13.6. The summed E-state index contributed by atoms with van der Waals surface area (Å²) >= 11 is 0. The lowest BCUT2D eigenvalue weighted by Crippen LogP contribution is -2.51. The van der Waals surface area contributed by atoms with Gasteiger partial charge in [0.2, 0.25) is 5.91 Å². The van der Waals surface area contributed by atoms with Crippen molar-refractivity contribution in [2.75, 3.05) is 0 Å². The normalized spacial score (nSPS) is 18.9. The summed E-state index contributed by atoms with van der Waals surface area (Å²) in [6.45, 7) is 4.10. The number of oxazole rings is 1. The van der Waals surface area contributed by atoms with Gasteiger partial charge in [-0.25, -0.2) is 4.98 Å². The van der Waals surface area contributed by atoms with E-state index in [2.05, 4.69) is 33.6 Å². The van der Waals surface area contributed by atoms with Gasteiger partial charge in [-0.2, -0.15) is 10.4 Å². The quantitative estimate of drug-likeness (QED) is 0.317. The fourth-order valence-electron chi connectivity index (χ4n) is 5.11. The molecule has 3 saturated carbocycles. The van der Waals surface area contributed by atoms with E-state index in [1.165, 1.54) is 0 Å². The summed E-state index contributed by atoms with van der Waals surface area (Å²) in [6, 6.07) is 13.0. The van der Waals surface area contributed by atoms with Gasteiger partial charge in [0.05, 0.1) is 24.2 Å². The average Bonchev–Trinajstić information content (AvgIpc) is 3.93. The third-order valence-electron chi connectivity index (χ3n) is 8.48. The van der Waals surface area contributed by atoms with Crippen LogP contribution >= 0.6 is 0 Å². The molecule has 2 N–H and O–H groups in total. The number of carbonyl (C=O) groups is 2. The van der Waals surface area contributed by atoms with Crippen molar-refractivity contribution in [2.45, 2.75) is 81.8 Å². The monoisotopic (exact) mass is 549 g/mol. The maximum Gasteiger partial charge on any atom is 0.270 e. The molecule has 0 unspecified atom stereocenters. The van der Waals surface area contributed by atoms with Gasteiger partial charge < -0.3 is 15.1 Å². The number of benzene rings is 1. The van der Waals surface area contributed by atoms with E-state index in [0.29, 0.717) is 35.5 Å². The second-order valence-electron chi connectivity index (χ2n) is 12.0. The molecule has 3 aliphatic carbocycles. The maximum absolute atomic E-state index is 13.6. The molecule has 1 aromatic carbocycles. The number of rotatable bonds is 9. The van der Waals surface area contributed by atoms with Crippen LogP contribution in [0.5, 0.6) is 0 Å². The SMILES string of the molecule is Cc1ccc(-c2ccc3nc(C[C@H](NC(=O)c4cc(C5(C)CC5)nn4C4CC4)C(=O)NC4(C#N)CC4)oc3c2)cn1. The van der Waals surface area contributed by atoms with E-state index in [-0.39, 0.29) is 23.8 Å². The number of hydrogen-bond acceptors (Lipinski definition) is 7. The van der Waals surface area contributed by atoms with Crippen LogP contribution in [0.3, 0.4) is 0 Å². The average molecular weight is 550 g/mol. The van der Waals surface area contributed by atoms with Crippen molar-refractivity contribution in [1.82, 2.24) is 30.4 Å². The number of nitrogens with one attached hydrogen (secondary N) is 2. The van der Waals surface area contributed by atoms with Crippen molar-refractivity contribution >= 4 is 22.9 Å². The minimum absolute atomic E-state index is 0.0167. The summed E-state index contributed by atoms with van der Waals surface area (Å²) in [7, 11) is 0. The van der Waals surface area contributed by atoms with E-state index in [1.54, 1.807) is 0 Å². The van der Waals surface area contributed by atoms with Crippen LogP contribution in [0.1, 0.15) is 79.3 Å². The molecule has 3 aromatic heterocycles. The third kappa shape index (κ3) is 4.97. The first-order valence-electron chi connectivity index (χ1n) is 14.2. The van der Waals surface area contributed by atoms with E-state index < -0.39 is 17.5 Å². The van der Waals surface area contributed by atoms with Crippen LogP contribution in [0.4, 0.5) is 0 Å². The van der Waals surface area contributed by atoms with Crippen molar-refractivity contribution in [3.05, 3.63) is 65.6 Å². The number of pyridine rings is 1. The lowest BCUT2D eigenvalue weighted by molar-refractivity contribution is -0.123. The topological polar surface area (TPSA) is 139 Å². The standard InChI is InChI=1S/C31H31N7O3/c1-18-3-4-20(16-33-18)19-5-8-22-25(13-19)41-27(34-22)14-23(28(39)36-31(17-32)11-12-31)35-29(40)24-15-26(30(2)9-10-30)37-38(24)21-6-7-21/h3-5,8,13,15-16,21,23H,6-7,9-12,14H2,1-2H3,(H,35,40)(H,36,39)/t23-/m0/s1. The summed E-state index contributed by atoms with van der Waals surface area (Å²) in [5.74, 6) is -0.478. The first kappa shape index (κ1) is 25.4. The summed E-state index contributed by atoms with van der Waals surface area (Å²) in [4.78, 5) is 36.1. The summed E-state index contributed by atoms with van der Waals surface area (Å²) in [6.07, 6.45) is 7.10. The lowest BCUT2D eigenvalue weighted by atomic mass is 10.1. The van der Waals surface area contributed by atoms with Gasteiger partial charge >= 0.3 is 0 Å². The Bertz CT molecular complexity index is 1720. The number of carbonyl (C=O) groups excluding carboxylic acids is 2. The molecule has 0 aliphatic heterocycles. The van der Waals surface area contributed by atoms with Gasteiger partial charge in [0, 0.05) is 22.9 Å². The van der Waals surface area contributed by atoms with E-state index in [4.69, 9.17) is 9.52 Å². The Morgan fingerprint density at radius 3 is 2.59 bits per heavy atom. The molecule has 3 heterocycles. The summed E-state index contributed by atoms with van der Waals surface area (Å²) in [5, 5.41) is 20.1. The molecule has 2 amide bonds. The van der Waals surface area contributed by atoms with Gasteiger partial charge in [0.1, 0.15) is 22.8 Å². The van der Waals surface area contributed by atoms with Gasteiger partial charge in [0.25, 0.3) is 5.91 Å². The molecule has 10 nitrogen and oxygen atoms in total. The van der Waals surface area contributed by atoms with Gasteiger partial charge in [-0.05, 0) is 75.3 Å². The van der Waals surface area contributed by atoms with Crippen LogP contribution in [-0.4, -0.2) is 43.1 Å². The van der Waals surface area contributed by atoms with Gasteiger partial charge in [-0.15, -0.1) is 0 Å². The van der Waals surface area contributed by atoms with Gasteiger partial charge in [-0.3, -0.25) is 19.3 Å². The van der Waals surface area contributed by atoms with E-state index in [0.717, 1.165) is 48.2 Å². The summed E-state index contributed by atoms with van der Waals surface area (Å²) < 4.78 is 7.90. The fourth-order valence-corrected chi connectivity index (χ4v) is 5.11. The summed E-state index contributed by atoms with van der Waals surface area (Å²) in [5.41, 5.74) is 4.59. The molecular weight excluding hydrogens is 518 g/mol. The highest BCUT2D eigenvalue weighted by Crippen LogP contribution is 2.48. The zero-order valence-corrected chi connectivity index (χ0v) is 23.1. The van der Waals surface area contributed by atoms with Gasteiger partial charge in [-0.1, -0.05) is 19.1 Å². The van der Waals surface area contributed by atoms with Gasteiger partial charge in [0.15, 0.2) is 11.5 Å². The highest BCUT2D eigenvalue weighted by Gasteiger charge is 2.46. The molecule has 4 aromatic rings. The van der Waals surface area contributed by atoms with Crippen molar-refractivity contribution in [3.8, 4) is 17.2 Å². The molecule has 0 radical (unpaired) electrons. The zero-order valence-electron chi connectivity index (χ0n) is 23.1. The van der Waals surface area contributed by atoms with Crippen molar-refractivity contribution in [1.29, 1.82) is 5.26 Å². The predicted molar refractivity (Wildman–Crippen MR) is 150 cm³/mol. The number of hydrogen-bond donors (Lipinski definition) is 2. The number of fused-ring (bicyclic) bond motifs is 1. The third-order valence-corrected chi connectivity index (χ3v) is 8.48. The zero-order chi connectivity index (χ0) is 28.4. The number of aryl methyl sites for hydroxylation is 1. The smallest absolute Gasteiger partial charge is 0.270 e. The highest BCUT2D eigenvalue weighted by atomic mass is 16.3. The Morgan fingerprint density at radius 2 is 1.93 bits per heavy atom. The number of nitriles is 1. The molecule has 10 heteroatoms. The largest absolute Gasteiger partial charge is 0.441 e. The molecule has 0 saturated heterocycles. The molecule has 1 atom stereocenters. The molecule has 41 heavy (non-hydrogen) atoms. The molecule has 3 fully saturated rings. The fraction of sp³-hybridized carbons (Fsp3) is 0.419. The van der Waals surface area contributed by atoms with Crippen molar-refractivity contribution < 1.29 is 14.0 Å². The number of amides is 2. The Morgan fingerprint density at radius 1 is 1.15 bits per heavy atom. The van der Waals surface area contributed by atoms with Crippen LogP contribution in [0, 0.1) is 18.3 Å². The first-order chi connectivity index (χ1) is 19.7. The van der Waals surface area contributed by atoms with Crippen LogP contribution < -0.4 is 10.6 Å². The Kier molecular flexibility index (Phi) is 5.75. The Hall–Kier alpha value is -4.52. The minimum atomic E-state index is -0.982. The Labute approximate surface area is 237 Å². The minimum Gasteiger partial charge on any atom is -0.441 e. The predicted octanol–water partition coefficient (Wildman–Crippen LogP) is 4.29. The first-order valence-corrected chi connectivity index (χ1v) is 14.2. The van der Waals surface area contributed by atoms with Crippen LogP contribution in [-0.2, 0) is 16.6 Å². The van der Waals surface area contributed by atoms with Crippen LogP contribution in [0.2, 0.25) is 0 Å². The molecule has 3 aliphatic rings. The second kappa shape index (κ2) is 9.26. The molecular formula is C31H31N7O3. The molecule has 208 valence electrons. The van der Waals surface area contributed by atoms with E-state index in [9.17, 15) is 14.9 Å². The molecule has 0 bridgehead atoms. The van der Waals surface area contributed by atoms with E-state index in [1.807, 2.05) is 54.2 Å². The van der Waals surface area contributed by atoms with Crippen molar-refractivity contribution in [2.24, 2.45) is 0 Å². The number of nitrogens with zero attached hydrogens (tertiary/aromatic N) is 5. The molecule has 7 rings (SSSR count). The van der Waals surface area contributed by atoms with Crippen LogP contribution in [0.25, 0.3) is 22.2 Å². The second-order valence-corrected chi connectivity index (χ2v) is 12.0. The molecule has 0 spiro atoms. The van der Waals surface area contributed by atoms with Crippen molar-refractivity contribution in [3.63, 3.8) is 0 Å². The Balaban J connectivity index is 1.16. The highest BCUT2D eigenvalue weighted by molar-refractivity contribution is 5.97. The number of aromatic nitrogens is 4. The lowest BCUT2D eigenvalue weighted by Gasteiger charge is -2.19. The van der Waals surface area contributed by atoms with E-state index >= 15 is 0 Å². The van der Waals surface area contributed by atoms with Crippen LogP contribution in [0.15, 0.2) is 47.0 Å².